The average Bonchev–Trinajstić information content (AvgIpc) is 3.06. The van der Waals surface area contributed by atoms with E-state index >= 15 is 0 Å². The molecule has 18 heavy (non-hydrogen) atoms. The van der Waals surface area contributed by atoms with E-state index in [1.165, 1.54) is 0 Å². The van der Waals surface area contributed by atoms with E-state index in [9.17, 15) is 4.79 Å². The van der Waals surface area contributed by atoms with E-state index in [2.05, 4.69) is 27.1 Å². The Morgan fingerprint density at radius 3 is 3.06 bits per heavy atom. The van der Waals surface area contributed by atoms with E-state index in [0.29, 0.717) is 25.7 Å². The summed E-state index contributed by atoms with van der Waals surface area (Å²) < 4.78 is 5.27. The first kappa shape index (κ1) is 12.8. The Morgan fingerprint density at radius 2 is 2.39 bits per heavy atom. The van der Waals surface area contributed by atoms with Crippen molar-refractivity contribution in [3.05, 3.63) is 23.8 Å². The Morgan fingerprint density at radius 1 is 1.61 bits per heavy atom. The summed E-state index contributed by atoms with van der Waals surface area (Å²) in [6, 6.07) is 0. The van der Waals surface area contributed by atoms with Gasteiger partial charge >= 0.3 is 0 Å². The summed E-state index contributed by atoms with van der Waals surface area (Å²) in [5.74, 6) is 1.23. The Balaban J connectivity index is 1.68. The molecule has 0 aromatic carbocycles. The van der Waals surface area contributed by atoms with Gasteiger partial charge < -0.3 is 10.1 Å². The van der Waals surface area contributed by atoms with Gasteiger partial charge in [-0.1, -0.05) is 12.2 Å². The van der Waals surface area contributed by atoms with Gasteiger partial charge in [0.15, 0.2) is 0 Å². The molecule has 6 nitrogen and oxygen atoms in total. The molecule has 0 atom stereocenters. The number of amides is 1. The minimum Gasteiger partial charge on any atom is -0.375 e. The highest BCUT2D eigenvalue weighted by atomic mass is 16.5. The molecule has 1 aromatic heterocycles. The Hall–Kier alpha value is -1.69. The van der Waals surface area contributed by atoms with Crippen LogP contribution in [0.5, 0.6) is 0 Å². The van der Waals surface area contributed by atoms with Crippen molar-refractivity contribution in [3.63, 3.8) is 0 Å². The number of carbonyl (C=O) groups excluding carboxylic acids is 1. The second kappa shape index (κ2) is 5.77. The predicted molar refractivity (Wildman–Crippen MR) is 66.3 cm³/mol. The molecule has 1 aliphatic rings. The number of H-pyrrole nitrogens is 1. The first-order valence-corrected chi connectivity index (χ1v) is 6.09. The maximum Gasteiger partial charge on any atom is 0.291 e. The number of nitrogens with one attached hydrogen (secondary N) is 2. The standard InChI is InChI=1S/C12H18N4O2/c1-8(2)7-18-6-5-13-12(17)11-14-10(15-16-11)9-3-4-9/h9H,1,3-7H2,2H3,(H,13,17)(H,14,15,16). The number of nitrogens with zero attached hydrogens (tertiary/aromatic N) is 2. The van der Waals surface area contributed by atoms with Gasteiger partial charge in [-0.25, -0.2) is 4.98 Å². The molecule has 0 bridgehead atoms. The minimum atomic E-state index is -0.267. The third-order valence-electron chi connectivity index (χ3n) is 2.55. The van der Waals surface area contributed by atoms with Crippen LogP contribution in [-0.4, -0.2) is 40.8 Å². The van der Waals surface area contributed by atoms with Gasteiger partial charge in [0, 0.05) is 12.5 Å². The fourth-order valence-corrected chi connectivity index (χ4v) is 1.48. The molecule has 1 aliphatic carbocycles. The van der Waals surface area contributed by atoms with Crippen LogP contribution in [0.4, 0.5) is 0 Å². The summed E-state index contributed by atoms with van der Waals surface area (Å²) >= 11 is 0. The monoisotopic (exact) mass is 250 g/mol. The highest BCUT2D eigenvalue weighted by Crippen LogP contribution is 2.37. The molecular weight excluding hydrogens is 232 g/mol. The zero-order chi connectivity index (χ0) is 13.0. The van der Waals surface area contributed by atoms with E-state index in [-0.39, 0.29) is 11.7 Å². The number of hydrogen-bond donors (Lipinski definition) is 2. The summed E-state index contributed by atoms with van der Waals surface area (Å²) in [4.78, 5) is 15.8. The summed E-state index contributed by atoms with van der Waals surface area (Å²) in [5.41, 5.74) is 0.962. The second-order valence-corrected chi connectivity index (χ2v) is 4.58. The smallest absolute Gasteiger partial charge is 0.291 e. The highest BCUT2D eigenvalue weighted by molar-refractivity contribution is 5.90. The molecule has 0 aliphatic heterocycles. The third-order valence-corrected chi connectivity index (χ3v) is 2.55. The Labute approximate surface area is 106 Å². The van der Waals surface area contributed by atoms with E-state index in [4.69, 9.17) is 4.74 Å². The van der Waals surface area contributed by atoms with Gasteiger partial charge in [0.05, 0.1) is 13.2 Å². The largest absolute Gasteiger partial charge is 0.375 e. The number of rotatable bonds is 7. The maximum atomic E-state index is 11.7. The second-order valence-electron chi connectivity index (χ2n) is 4.58. The molecule has 1 aromatic rings. The molecule has 2 N–H and O–H groups in total. The van der Waals surface area contributed by atoms with E-state index in [1.807, 2.05) is 6.92 Å². The fourth-order valence-electron chi connectivity index (χ4n) is 1.48. The van der Waals surface area contributed by atoms with Crippen molar-refractivity contribution < 1.29 is 9.53 Å². The molecule has 6 heteroatoms. The van der Waals surface area contributed by atoms with Crippen molar-refractivity contribution in [2.45, 2.75) is 25.7 Å². The van der Waals surface area contributed by atoms with Gasteiger partial charge in [-0.05, 0) is 19.8 Å². The van der Waals surface area contributed by atoms with Crippen LogP contribution in [0.1, 0.15) is 42.1 Å². The number of carbonyl (C=O) groups is 1. The molecule has 98 valence electrons. The zero-order valence-corrected chi connectivity index (χ0v) is 10.5. The Bertz CT molecular complexity index is 437. The molecule has 0 radical (unpaired) electrons. The molecule has 0 saturated heterocycles. The number of ether oxygens (including phenoxy) is 1. The molecule has 0 spiro atoms. The van der Waals surface area contributed by atoms with Crippen molar-refractivity contribution in [1.29, 1.82) is 0 Å². The van der Waals surface area contributed by atoms with Gasteiger partial charge in [0.1, 0.15) is 5.82 Å². The minimum absolute atomic E-state index is 0.205. The zero-order valence-electron chi connectivity index (χ0n) is 10.5. The molecule has 0 unspecified atom stereocenters. The average molecular weight is 250 g/mol. The van der Waals surface area contributed by atoms with Gasteiger partial charge in [0.2, 0.25) is 5.82 Å². The van der Waals surface area contributed by atoms with E-state index < -0.39 is 0 Å². The SMILES string of the molecule is C=C(C)COCCNC(=O)c1n[nH]c(C2CC2)n1. The number of aromatic nitrogens is 3. The van der Waals surface area contributed by atoms with Gasteiger partial charge in [-0.2, -0.15) is 0 Å². The molecule has 1 fully saturated rings. The van der Waals surface area contributed by atoms with E-state index in [0.717, 1.165) is 24.2 Å². The van der Waals surface area contributed by atoms with Crippen molar-refractivity contribution in [2.75, 3.05) is 19.8 Å². The third kappa shape index (κ3) is 3.66. The lowest BCUT2D eigenvalue weighted by molar-refractivity contribution is 0.0917. The summed E-state index contributed by atoms with van der Waals surface area (Å²) in [7, 11) is 0. The topological polar surface area (TPSA) is 79.9 Å². The van der Waals surface area contributed by atoms with Crippen LogP contribution in [-0.2, 0) is 4.74 Å². The van der Waals surface area contributed by atoms with Crippen LogP contribution >= 0.6 is 0 Å². The highest BCUT2D eigenvalue weighted by Gasteiger charge is 2.28. The molecule has 1 heterocycles. The van der Waals surface area contributed by atoms with E-state index in [1.54, 1.807) is 0 Å². The predicted octanol–water partition coefficient (Wildman–Crippen LogP) is 1.00. The number of hydrogen-bond acceptors (Lipinski definition) is 4. The molecule has 2 rings (SSSR count). The van der Waals surface area contributed by atoms with Gasteiger partial charge in [0.25, 0.3) is 5.91 Å². The quantitative estimate of drug-likeness (QED) is 0.559. The molecular formula is C12H18N4O2. The first-order chi connectivity index (χ1) is 8.66. The molecule has 1 saturated carbocycles. The Kier molecular flexibility index (Phi) is 4.09. The summed E-state index contributed by atoms with van der Waals surface area (Å²) in [6.07, 6.45) is 2.26. The lowest BCUT2D eigenvalue weighted by Gasteiger charge is -2.04. The lowest BCUT2D eigenvalue weighted by Crippen LogP contribution is -2.28. The van der Waals surface area contributed by atoms with Crippen molar-refractivity contribution in [1.82, 2.24) is 20.5 Å². The lowest BCUT2D eigenvalue weighted by atomic mass is 10.4. The number of aromatic amines is 1. The van der Waals surface area contributed by atoms with Crippen molar-refractivity contribution in [2.24, 2.45) is 0 Å². The van der Waals surface area contributed by atoms with Crippen molar-refractivity contribution >= 4 is 5.91 Å². The first-order valence-electron chi connectivity index (χ1n) is 6.09. The molecule has 1 amide bonds. The van der Waals surface area contributed by atoms with Crippen LogP contribution in [0.2, 0.25) is 0 Å². The summed E-state index contributed by atoms with van der Waals surface area (Å²) in [5, 5.41) is 9.41. The van der Waals surface area contributed by atoms with Crippen molar-refractivity contribution in [3.8, 4) is 0 Å². The van der Waals surface area contributed by atoms with Crippen LogP contribution in [0.25, 0.3) is 0 Å². The normalized spacial score (nSPS) is 14.5. The van der Waals surface area contributed by atoms with Crippen LogP contribution < -0.4 is 5.32 Å². The fraction of sp³-hybridized carbons (Fsp3) is 0.583. The van der Waals surface area contributed by atoms with Crippen LogP contribution in [0.15, 0.2) is 12.2 Å². The van der Waals surface area contributed by atoms with Gasteiger partial charge in [-0.3, -0.25) is 9.89 Å². The van der Waals surface area contributed by atoms with Crippen LogP contribution in [0, 0.1) is 0 Å². The maximum absolute atomic E-state index is 11.7. The summed E-state index contributed by atoms with van der Waals surface area (Å²) in [6.45, 7) is 7.04. The van der Waals surface area contributed by atoms with Crippen LogP contribution in [0.3, 0.4) is 0 Å². The van der Waals surface area contributed by atoms with Gasteiger partial charge in [-0.15, -0.1) is 5.10 Å².